The molecule has 3 aromatic rings. The number of carbonyl (C=O) groups excluding carboxylic acids is 3. The van der Waals surface area contributed by atoms with E-state index >= 15 is 0 Å². The lowest BCUT2D eigenvalue weighted by Crippen LogP contribution is -2.46. The number of Topliss-reactive ketones (excluding diaryl/α,β-unsaturated/α-hetero) is 1. The van der Waals surface area contributed by atoms with Gasteiger partial charge < -0.3 is 9.88 Å². The van der Waals surface area contributed by atoms with Crippen LogP contribution in [-0.2, 0) is 4.79 Å². The summed E-state index contributed by atoms with van der Waals surface area (Å²) in [4.78, 5) is 40.0. The van der Waals surface area contributed by atoms with Crippen LogP contribution >= 0.6 is 0 Å². The third-order valence-electron chi connectivity index (χ3n) is 7.27. The van der Waals surface area contributed by atoms with Crippen molar-refractivity contribution in [2.24, 2.45) is 5.92 Å². The molecule has 2 aromatic carbocycles. The van der Waals surface area contributed by atoms with Gasteiger partial charge in [0.25, 0.3) is 5.91 Å². The molecule has 1 saturated carbocycles. The van der Waals surface area contributed by atoms with E-state index in [-0.39, 0.29) is 30.2 Å². The molecule has 1 aliphatic heterocycles. The number of rotatable bonds is 7. The summed E-state index contributed by atoms with van der Waals surface area (Å²) in [6.07, 6.45) is 1.84. The quantitative estimate of drug-likeness (QED) is 0.417. The monoisotopic (exact) mass is 455 g/mol. The highest BCUT2D eigenvalue weighted by molar-refractivity contribution is 6.11. The number of hydrogen-bond acceptors (Lipinski definition) is 3. The molecule has 34 heavy (non-hydrogen) atoms. The average molecular weight is 456 g/mol. The van der Waals surface area contributed by atoms with E-state index in [1.165, 1.54) is 0 Å². The first-order valence-corrected chi connectivity index (χ1v) is 11.8. The molecule has 5 rings (SSSR count). The van der Waals surface area contributed by atoms with E-state index in [1.54, 1.807) is 6.92 Å². The number of aromatic nitrogens is 1. The molecule has 1 atom stereocenters. The maximum absolute atomic E-state index is 13.4. The van der Waals surface area contributed by atoms with Gasteiger partial charge in [-0.3, -0.25) is 14.5 Å². The Morgan fingerprint density at radius 3 is 2.09 bits per heavy atom. The normalized spacial score (nSPS) is 20.2. The molecule has 6 nitrogen and oxygen atoms in total. The second-order valence-corrected chi connectivity index (χ2v) is 9.60. The van der Waals surface area contributed by atoms with Gasteiger partial charge in [0, 0.05) is 17.0 Å². The van der Waals surface area contributed by atoms with Crippen molar-refractivity contribution in [1.29, 1.82) is 0 Å². The predicted molar refractivity (Wildman–Crippen MR) is 130 cm³/mol. The number of amides is 3. The van der Waals surface area contributed by atoms with Gasteiger partial charge in [-0.05, 0) is 56.7 Å². The molecule has 6 heteroatoms. The summed E-state index contributed by atoms with van der Waals surface area (Å²) in [5.74, 6) is -0.372. The molecule has 0 bridgehead atoms. The number of benzene rings is 2. The maximum Gasteiger partial charge on any atom is 0.325 e. The van der Waals surface area contributed by atoms with Gasteiger partial charge >= 0.3 is 6.03 Å². The molecule has 2 heterocycles. The summed E-state index contributed by atoms with van der Waals surface area (Å²) in [6.45, 7) is 5.43. The summed E-state index contributed by atoms with van der Waals surface area (Å²) in [6, 6.07) is 21.7. The zero-order valence-electron chi connectivity index (χ0n) is 19.7. The van der Waals surface area contributed by atoms with Crippen LogP contribution in [-0.4, -0.2) is 39.3 Å². The fourth-order valence-corrected chi connectivity index (χ4v) is 5.24. The molecule has 174 valence electrons. The van der Waals surface area contributed by atoms with Crippen LogP contribution in [0.25, 0.3) is 0 Å². The van der Waals surface area contributed by atoms with Crippen molar-refractivity contribution >= 4 is 17.7 Å². The Morgan fingerprint density at radius 1 is 1.00 bits per heavy atom. The van der Waals surface area contributed by atoms with Crippen molar-refractivity contribution in [1.82, 2.24) is 14.8 Å². The zero-order valence-corrected chi connectivity index (χ0v) is 19.7. The molecular formula is C28H29N3O3. The number of urea groups is 1. The number of ketones is 1. The Hall–Kier alpha value is -3.67. The van der Waals surface area contributed by atoms with Gasteiger partial charge in [-0.2, -0.15) is 0 Å². The topological polar surface area (TPSA) is 71.4 Å². The standard InChI is InChI=1S/C28H29N3O3/c1-18-16-23(24(32)17-30-26(33)28(3,22-14-15-22)29-27(30)34)19(2)31(18)25(20-10-6-4-7-11-20)21-12-8-5-9-13-21/h4-13,16,22,25H,14-15,17H2,1-3H3,(H,29,34)/t28-/m1/s1. The number of carbonyl (C=O) groups is 3. The van der Waals surface area contributed by atoms with Crippen molar-refractivity contribution in [2.45, 2.75) is 45.2 Å². The number of nitrogens with one attached hydrogen (secondary N) is 1. The number of aryl methyl sites for hydroxylation is 1. The van der Waals surface area contributed by atoms with Gasteiger partial charge in [-0.15, -0.1) is 0 Å². The summed E-state index contributed by atoms with van der Waals surface area (Å²) >= 11 is 0. The fourth-order valence-electron chi connectivity index (χ4n) is 5.24. The zero-order chi connectivity index (χ0) is 24.0. The summed E-state index contributed by atoms with van der Waals surface area (Å²) in [5, 5.41) is 2.82. The summed E-state index contributed by atoms with van der Waals surface area (Å²) < 4.78 is 2.16. The van der Waals surface area contributed by atoms with Gasteiger partial charge in [0.1, 0.15) is 5.54 Å². The minimum absolute atomic E-state index is 0.0983. The number of nitrogens with zero attached hydrogens (tertiary/aromatic N) is 2. The van der Waals surface area contributed by atoms with Gasteiger partial charge in [-0.1, -0.05) is 60.7 Å². The molecule has 0 spiro atoms. The van der Waals surface area contributed by atoms with Gasteiger partial charge in [0.2, 0.25) is 0 Å². The Morgan fingerprint density at radius 2 is 1.56 bits per heavy atom. The molecule has 1 aliphatic carbocycles. The van der Waals surface area contributed by atoms with Crippen molar-refractivity contribution in [3.63, 3.8) is 0 Å². The highest BCUT2D eigenvalue weighted by Crippen LogP contribution is 2.42. The smallest absolute Gasteiger partial charge is 0.325 e. The largest absolute Gasteiger partial charge is 0.337 e. The van der Waals surface area contributed by atoms with Crippen molar-refractivity contribution in [3.05, 3.63) is 94.8 Å². The maximum atomic E-state index is 13.4. The van der Waals surface area contributed by atoms with Crippen LogP contribution in [0.5, 0.6) is 0 Å². The van der Waals surface area contributed by atoms with Crippen molar-refractivity contribution in [3.8, 4) is 0 Å². The van der Waals surface area contributed by atoms with E-state index < -0.39 is 11.6 Å². The first-order valence-electron chi connectivity index (χ1n) is 11.8. The summed E-state index contributed by atoms with van der Waals surface area (Å²) in [7, 11) is 0. The van der Waals surface area contributed by atoms with Gasteiger partial charge in [-0.25, -0.2) is 4.79 Å². The number of hydrogen-bond donors (Lipinski definition) is 1. The van der Waals surface area contributed by atoms with Crippen LogP contribution in [0.1, 0.15) is 58.7 Å². The Bertz CT molecular complexity index is 1220. The second-order valence-electron chi connectivity index (χ2n) is 9.60. The average Bonchev–Trinajstić information content (AvgIpc) is 3.62. The van der Waals surface area contributed by atoms with Crippen molar-refractivity contribution < 1.29 is 14.4 Å². The lowest BCUT2D eigenvalue weighted by molar-refractivity contribution is -0.131. The van der Waals surface area contributed by atoms with E-state index in [0.29, 0.717) is 5.56 Å². The van der Waals surface area contributed by atoms with Crippen LogP contribution in [0.4, 0.5) is 4.79 Å². The fraction of sp³-hybridized carbons (Fsp3) is 0.321. The van der Waals surface area contributed by atoms with Crippen LogP contribution in [0.15, 0.2) is 66.7 Å². The predicted octanol–water partition coefficient (Wildman–Crippen LogP) is 4.65. The first kappa shape index (κ1) is 22.1. The van der Waals surface area contributed by atoms with E-state index in [1.807, 2.05) is 56.3 Å². The molecule has 0 radical (unpaired) electrons. The number of imide groups is 1. The molecule has 1 N–H and O–H groups in total. The molecule has 1 saturated heterocycles. The van der Waals surface area contributed by atoms with Crippen LogP contribution in [0.3, 0.4) is 0 Å². The molecule has 2 fully saturated rings. The van der Waals surface area contributed by atoms with Crippen LogP contribution in [0.2, 0.25) is 0 Å². The van der Waals surface area contributed by atoms with Crippen molar-refractivity contribution in [2.75, 3.05) is 6.54 Å². The third-order valence-corrected chi connectivity index (χ3v) is 7.27. The lowest BCUT2D eigenvalue weighted by atomic mass is 9.96. The molecule has 0 unspecified atom stereocenters. The van der Waals surface area contributed by atoms with E-state index in [2.05, 4.69) is 34.1 Å². The summed E-state index contributed by atoms with van der Waals surface area (Å²) in [5.41, 5.74) is 3.64. The second kappa shape index (κ2) is 8.28. The molecule has 2 aliphatic rings. The lowest BCUT2D eigenvalue weighted by Gasteiger charge is -2.24. The minimum atomic E-state index is -0.889. The highest BCUT2D eigenvalue weighted by atomic mass is 16.2. The van der Waals surface area contributed by atoms with E-state index in [4.69, 9.17) is 0 Å². The first-order chi connectivity index (χ1) is 16.3. The Kier molecular flexibility index (Phi) is 5.39. The van der Waals surface area contributed by atoms with Crippen LogP contribution in [0, 0.1) is 19.8 Å². The van der Waals surface area contributed by atoms with Gasteiger partial charge in [0.15, 0.2) is 5.78 Å². The molecular weight excluding hydrogens is 426 g/mol. The minimum Gasteiger partial charge on any atom is -0.337 e. The SMILES string of the molecule is Cc1cc(C(=O)CN2C(=O)N[C@](C)(C3CC3)C2=O)c(C)n1C(c1ccccc1)c1ccccc1. The Labute approximate surface area is 199 Å². The highest BCUT2D eigenvalue weighted by Gasteiger charge is 2.56. The third kappa shape index (κ3) is 3.63. The molecule has 3 amide bonds. The van der Waals surface area contributed by atoms with E-state index in [9.17, 15) is 14.4 Å². The van der Waals surface area contributed by atoms with Gasteiger partial charge in [0.05, 0.1) is 12.6 Å². The van der Waals surface area contributed by atoms with E-state index in [0.717, 1.165) is 40.3 Å². The Balaban J connectivity index is 1.48. The molecule has 1 aromatic heterocycles. The van der Waals surface area contributed by atoms with Crippen LogP contribution < -0.4 is 5.32 Å².